The summed E-state index contributed by atoms with van der Waals surface area (Å²) in [5, 5.41) is 4.36. The predicted octanol–water partition coefficient (Wildman–Crippen LogP) is 3.44. The molecule has 3 heteroatoms. The Morgan fingerprint density at radius 1 is 1.39 bits per heavy atom. The quantitative estimate of drug-likeness (QED) is 0.768. The van der Waals surface area contributed by atoms with E-state index in [0.29, 0.717) is 5.78 Å². The summed E-state index contributed by atoms with van der Waals surface area (Å²) in [5.41, 5.74) is 2.77. The molecule has 2 rings (SSSR count). The molecule has 1 aromatic rings. The second-order valence-corrected chi connectivity index (χ2v) is 5.67. The molecule has 0 spiro atoms. The van der Waals surface area contributed by atoms with Crippen LogP contribution in [0.25, 0.3) is 0 Å². The van der Waals surface area contributed by atoms with Crippen LogP contribution in [0.3, 0.4) is 0 Å². The van der Waals surface area contributed by atoms with E-state index in [9.17, 15) is 4.79 Å². The Balaban J connectivity index is 2.20. The Hall–Kier alpha value is -1.12. The lowest BCUT2D eigenvalue weighted by atomic mass is 9.77. The summed E-state index contributed by atoms with van der Waals surface area (Å²) in [4.78, 5) is 12.7. The highest BCUT2D eigenvalue weighted by molar-refractivity contribution is 5.99. The van der Waals surface area contributed by atoms with Crippen LogP contribution in [-0.4, -0.2) is 15.6 Å². The van der Waals surface area contributed by atoms with Gasteiger partial charge in [-0.3, -0.25) is 9.48 Å². The zero-order valence-corrected chi connectivity index (χ0v) is 12.0. The van der Waals surface area contributed by atoms with E-state index < -0.39 is 0 Å². The topological polar surface area (TPSA) is 34.9 Å². The average Bonchev–Trinajstić information content (AvgIpc) is 2.62. The fraction of sp³-hybridized carbons (Fsp3) is 0.733. The molecule has 0 N–H and O–H groups in total. The predicted molar refractivity (Wildman–Crippen MR) is 72.8 cm³/mol. The first kappa shape index (κ1) is 13.3. The van der Waals surface area contributed by atoms with E-state index in [4.69, 9.17) is 0 Å². The van der Waals surface area contributed by atoms with E-state index in [2.05, 4.69) is 12.0 Å². The Kier molecular flexibility index (Phi) is 3.88. The monoisotopic (exact) mass is 248 g/mol. The number of nitrogens with zero attached hydrogens (tertiary/aromatic N) is 2. The van der Waals surface area contributed by atoms with Gasteiger partial charge in [0.2, 0.25) is 0 Å². The summed E-state index contributed by atoms with van der Waals surface area (Å²) >= 11 is 0. The normalized spacial score (nSPS) is 24.2. The maximum atomic E-state index is 12.7. The van der Waals surface area contributed by atoms with Crippen molar-refractivity contribution in [3.63, 3.8) is 0 Å². The van der Waals surface area contributed by atoms with Crippen molar-refractivity contribution in [2.75, 3.05) is 0 Å². The van der Waals surface area contributed by atoms with Crippen molar-refractivity contribution in [2.45, 2.75) is 52.9 Å². The molecule has 0 saturated heterocycles. The van der Waals surface area contributed by atoms with E-state index in [0.717, 1.165) is 35.7 Å². The molecular formula is C15H24N2O. The van der Waals surface area contributed by atoms with Gasteiger partial charge in [-0.1, -0.05) is 26.2 Å². The standard InChI is InChI=1S/C15H24N2O/c1-5-12-7-6-8-13(9-12)15(18)14-10(2)16-17(4)11(14)3/h12-13H,5-9H2,1-4H3. The number of ketones is 1. The Morgan fingerprint density at radius 2 is 2.11 bits per heavy atom. The minimum absolute atomic E-state index is 0.227. The number of aryl methyl sites for hydroxylation is 2. The molecule has 0 amide bonds. The molecule has 100 valence electrons. The second kappa shape index (κ2) is 5.25. The van der Waals surface area contributed by atoms with E-state index in [1.165, 1.54) is 19.3 Å². The summed E-state index contributed by atoms with van der Waals surface area (Å²) in [6, 6.07) is 0. The van der Waals surface area contributed by atoms with Crippen LogP contribution in [0, 0.1) is 25.7 Å². The number of hydrogen-bond acceptors (Lipinski definition) is 2. The molecule has 2 unspecified atom stereocenters. The maximum absolute atomic E-state index is 12.7. The molecule has 3 nitrogen and oxygen atoms in total. The number of hydrogen-bond donors (Lipinski definition) is 0. The summed E-state index contributed by atoms with van der Waals surface area (Å²) in [7, 11) is 1.91. The van der Waals surface area contributed by atoms with Gasteiger partial charge in [0, 0.05) is 18.7 Å². The first-order valence-corrected chi connectivity index (χ1v) is 7.09. The minimum Gasteiger partial charge on any atom is -0.294 e. The van der Waals surface area contributed by atoms with Gasteiger partial charge in [-0.05, 0) is 32.6 Å². The van der Waals surface area contributed by atoms with Crippen molar-refractivity contribution in [3.8, 4) is 0 Å². The first-order valence-electron chi connectivity index (χ1n) is 7.09. The van der Waals surface area contributed by atoms with Crippen molar-refractivity contribution in [3.05, 3.63) is 17.0 Å². The molecule has 18 heavy (non-hydrogen) atoms. The lowest BCUT2D eigenvalue weighted by Gasteiger charge is -2.27. The molecule has 2 atom stereocenters. The van der Waals surface area contributed by atoms with Crippen molar-refractivity contribution < 1.29 is 4.79 Å². The van der Waals surface area contributed by atoms with E-state index in [1.807, 2.05) is 25.6 Å². The highest BCUT2D eigenvalue weighted by Crippen LogP contribution is 2.33. The lowest BCUT2D eigenvalue weighted by molar-refractivity contribution is 0.0860. The van der Waals surface area contributed by atoms with Gasteiger partial charge in [0.05, 0.1) is 11.3 Å². The van der Waals surface area contributed by atoms with Crippen LogP contribution < -0.4 is 0 Å². The van der Waals surface area contributed by atoms with Crippen molar-refractivity contribution in [1.82, 2.24) is 9.78 Å². The number of Topliss-reactive ketones (excluding diaryl/α,β-unsaturated/α-hetero) is 1. The lowest BCUT2D eigenvalue weighted by Crippen LogP contribution is -2.23. The van der Waals surface area contributed by atoms with Gasteiger partial charge in [-0.15, -0.1) is 0 Å². The van der Waals surface area contributed by atoms with Crippen LogP contribution in [0.5, 0.6) is 0 Å². The SMILES string of the molecule is CCC1CCCC(C(=O)c2c(C)nn(C)c2C)C1. The summed E-state index contributed by atoms with van der Waals surface area (Å²) in [5.74, 6) is 1.30. The molecular weight excluding hydrogens is 224 g/mol. The molecule has 1 fully saturated rings. The third kappa shape index (κ3) is 2.36. The Morgan fingerprint density at radius 3 is 2.67 bits per heavy atom. The summed E-state index contributed by atoms with van der Waals surface area (Å²) in [6.45, 7) is 6.17. The van der Waals surface area contributed by atoms with Gasteiger partial charge >= 0.3 is 0 Å². The molecule has 0 bridgehead atoms. The van der Waals surface area contributed by atoms with Crippen LogP contribution >= 0.6 is 0 Å². The zero-order chi connectivity index (χ0) is 13.3. The minimum atomic E-state index is 0.227. The molecule has 0 aromatic carbocycles. The van der Waals surface area contributed by atoms with E-state index in [-0.39, 0.29) is 5.92 Å². The summed E-state index contributed by atoms with van der Waals surface area (Å²) in [6.07, 6.45) is 5.83. The van der Waals surface area contributed by atoms with Gasteiger partial charge in [-0.2, -0.15) is 5.10 Å². The van der Waals surface area contributed by atoms with Gasteiger partial charge in [0.1, 0.15) is 0 Å². The van der Waals surface area contributed by atoms with Gasteiger partial charge < -0.3 is 0 Å². The van der Waals surface area contributed by atoms with Crippen LogP contribution in [0.4, 0.5) is 0 Å². The third-order valence-electron chi connectivity index (χ3n) is 4.49. The molecule has 1 saturated carbocycles. The fourth-order valence-corrected chi connectivity index (χ4v) is 3.23. The van der Waals surface area contributed by atoms with Crippen LogP contribution in [0.1, 0.15) is 60.8 Å². The van der Waals surface area contributed by atoms with E-state index in [1.54, 1.807) is 0 Å². The molecule has 0 radical (unpaired) electrons. The van der Waals surface area contributed by atoms with Gasteiger partial charge in [0.25, 0.3) is 0 Å². The molecule has 1 aliphatic carbocycles. The zero-order valence-electron chi connectivity index (χ0n) is 12.0. The van der Waals surface area contributed by atoms with Crippen LogP contribution in [-0.2, 0) is 7.05 Å². The molecule has 0 aliphatic heterocycles. The number of carbonyl (C=O) groups excluding carboxylic acids is 1. The summed E-state index contributed by atoms with van der Waals surface area (Å²) < 4.78 is 1.82. The molecule has 1 heterocycles. The highest BCUT2D eigenvalue weighted by atomic mass is 16.1. The average molecular weight is 248 g/mol. The van der Waals surface area contributed by atoms with Crippen molar-refractivity contribution in [2.24, 2.45) is 18.9 Å². The second-order valence-electron chi connectivity index (χ2n) is 5.67. The number of carbonyl (C=O) groups is 1. The van der Waals surface area contributed by atoms with E-state index >= 15 is 0 Å². The maximum Gasteiger partial charge on any atom is 0.169 e. The molecule has 1 aromatic heterocycles. The van der Waals surface area contributed by atoms with Gasteiger partial charge in [-0.25, -0.2) is 0 Å². The molecule has 1 aliphatic rings. The van der Waals surface area contributed by atoms with Crippen molar-refractivity contribution in [1.29, 1.82) is 0 Å². The largest absolute Gasteiger partial charge is 0.294 e. The first-order chi connectivity index (χ1) is 8.54. The highest BCUT2D eigenvalue weighted by Gasteiger charge is 2.30. The van der Waals surface area contributed by atoms with Crippen LogP contribution in [0.2, 0.25) is 0 Å². The van der Waals surface area contributed by atoms with Gasteiger partial charge in [0.15, 0.2) is 5.78 Å². The number of rotatable bonds is 3. The van der Waals surface area contributed by atoms with Crippen molar-refractivity contribution >= 4 is 5.78 Å². The number of aromatic nitrogens is 2. The third-order valence-corrected chi connectivity index (χ3v) is 4.49. The van der Waals surface area contributed by atoms with Crippen LogP contribution in [0.15, 0.2) is 0 Å². The smallest absolute Gasteiger partial charge is 0.169 e. The fourth-order valence-electron chi connectivity index (χ4n) is 3.23. The Bertz CT molecular complexity index is 448. The Labute approximate surface area is 110 Å².